The smallest absolute Gasteiger partial charge is 0.00853 e. The van der Waals surface area contributed by atoms with Gasteiger partial charge in [0.05, 0.1) is 0 Å². The minimum atomic E-state index is 0.614. The minimum Gasteiger partial charge on any atom is -0.0922 e. The number of hydrogen-bond donors (Lipinski definition) is 0. The molecule has 0 aromatic carbocycles. The first-order chi connectivity index (χ1) is 6.20. The first-order valence-electron chi connectivity index (χ1n) is 5.76. The molecule has 0 amide bonds. The SMILES string of the molecule is CCCCC1CCC(C)(CBr)CC1. The molecule has 1 fully saturated rings. The van der Waals surface area contributed by atoms with Crippen molar-refractivity contribution in [3.8, 4) is 0 Å². The molecule has 0 saturated heterocycles. The molecule has 0 bridgehead atoms. The number of halogens is 1. The van der Waals surface area contributed by atoms with E-state index in [2.05, 4.69) is 29.8 Å². The summed E-state index contributed by atoms with van der Waals surface area (Å²) < 4.78 is 0. The maximum Gasteiger partial charge on any atom is 0.00853 e. The summed E-state index contributed by atoms with van der Waals surface area (Å²) in [6.07, 6.45) is 10.1. The van der Waals surface area contributed by atoms with Crippen LogP contribution in [0, 0.1) is 11.3 Å². The fourth-order valence-corrected chi connectivity index (χ4v) is 2.85. The van der Waals surface area contributed by atoms with Crippen molar-refractivity contribution in [1.29, 1.82) is 0 Å². The molecule has 0 aromatic heterocycles. The molecule has 0 aliphatic heterocycles. The van der Waals surface area contributed by atoms with Gasteiger partial charge in [-0.05, 0) is 37.0 Å². The molecule has 1 aliphatic rings. The maximum atomic E-state index is 3.64. The van der Waals surface area contributed by atoms with Crippen LogP contribution < -0.4 is 0 Å². The molecule has 1 heteroatoms. The quantitative estimate of drug-likeness (QED) is 0.628. The van der Waals surface area contributed by atoms with E-state index in [0.29, 0.717) is 5.41 Å². The van der Waals surface area contributed by atoms with Gasteiger partial charge in [-0.25, -0.2) is 0 Å². The Balaban J connectivity index is 2.22. The molecule has 1 aliphatic carbocycles. The van der Waals surface area contributed by atoms with Gasteiger partial charge in [0.1, 0.15) is 0 Å². The van der Waals surface area contributed by atoms with Gasteiger partial charge in [-0.3, -0.25) is 0 Å². The van der Waals surface area contributed by atoms with Gasteiger partial charge >= 0.3 is 0 Å². The van der Waals surface area contributed by atoms with Gasteiger partial charge in [-0.15, -0.1) is 0 Å². The first-order valence-corrected chi connectivity index (χ1v) is 6.88. The first kappa shape index (κ1) is 11.6. The van der Waals surface area contributed by atoms with Gasteiger partial charge in [0.25, 0.3) is 0 Å². The lowest BCUT2D eigenvalue weighted by Gasteiger charge is -2.36. The third-order valence-electron chi connectivity index (χ3n) is 3.60. The Labute approximate surface area is 91.6 Å². The summed E-state index contributed by atoms with van der Waals surface area (Å²) in [6, 6.07) is 0. The molecule has 78 valence electrons. The second-order valence-corrected chi connectivity index (χ2v) is 5.59. The average Bonchev–Trinajstić information content (AvgIpc) is 2.17. The predicted molar refractivity (Wildman–Crippen MR) is 63.4 cm³/mol. The number of unbranched alkanes of at least 4 members (excludes halogenated alkanes) is 1. The lowest BCUT2D eigenvalue weighted by molar-refractivity contribution is 0.189. The van der Waals surface area contributed by atoms with Crippen molar-refractivity contribution in [2.24, 2.45) is 11.3 Å². The van der Waals surface area contributed by atoms with E-state index in [1.165, 1.54) is 50.3 Å². The number of alkyl halides is 1. The van der Waals surface area contributed by atoms with Crippen molar-refractivity contribution in [3.63, 3.8) is 0 Å². The second-order valence-electron chi connectivity index (χ2n) is 5.03. The van der Waals surface area contributed by atoms with Crippen LogP contribution in [-0.4, -0.2) is 5.33 Å². The molecule has 1 rings (SSSR count). The zero-order chi connectivity index (χ0) is 9.73. The standard InChI is InChI=1S/C12H23Br/c1-3-4-5-11-6-8-12(2,10-13)9-7-11/h11H,3-10H2,1-2H3. The number of rotatable bonds is 4. The largest absolute Gasteiger partial charge is 0.0922 e. The van der Waals surface area contributed by atoms with E-state index < -0.39 is 0 Å². The number of hydrogen-bond acceptors (Lipinski definition) is 0. The van der Waals surface area contributed by atoms with Gasteiger partial charge in [-0.2, -0.15) is 0 Å². The second kappa shape index (κ2) is 5.38. The summed E-state index contributed by atoms with van der Waals surface area (Å²) in [4.78, 5) is 0. The van der Waals surface area contributed by atoms with Crippen molar-refractivity contribution in [2.75, 3.05) is 5.33 Å². The van der Waals surface area contributed by atoms with Crippen LogP contribution in [0.4, 0.5) is 0 Å². The molecule has 13 heavy (non-hydrogen) atoms. The normalized spacial score (nSPS) is 34.8. The van der Waals surface area contributed by atoms with Crippen molar-refractivity contribution in [3.05, 3.63) is 0 Å². The molecule has 0 spiro atoms. The molecule has 0 heterocycles. The van der Waals surface area contributed by atoms with Crippen molar-refractivity contribution >= 4 is 15.9 Å². The van der Waals surface area contributed by atoms with E-state index in [1.54, 1.807) is 0 Å². The predicted octanol–water partition coefficient (Wildman–Crippen LogP) is 4.77. The lowest BCUT2D eigenvalue weighted by atomic mass is 9.72. The van der Waals surface area contributed by atoms with Gasteiger partial charge in [0.15, 0.2) is 0 Å². The van der Waals surface area contributed by atoms with Crippen molar-refractivity contribution in [2.45, 2.75) is 58.8 Å². The fourth-order valence-electron chi connectivity index (χ4n) is 2.29. The van der Waals surface area contributed by atoms with Crippen molar-refractivity contribution in [1.82, 2.24) is 0 Å². The van der Waals surface area contributed by atoms with Crippen LogP contribution in [-0.2, 0) is 0 Å². The molecule has 0 radical (unpaired) electrons. The average molecular weight is 247 g/mol. The Bertz CT molecular complexity index is 134. The third-order valence-corrected chi connectivity index (χ3v) is 4.95. The zero-order valence-electron chi connectivity index (χ0n) is 9.11. The Morgan fingerprint density at radius 1 is 1.31 bits per heavy atom. The van der Waals surface area contributed by atoms with E-state index in [0.717, 1.165) is 5.92 Å². The van der Waals surface area contributed by atoms with E-state index >= 15 is 0 Å². The summed E-state index contributed by atoms with van der Waals surface area (Å²) in [5.41, 5.74) is 0.614. The van der Waals surface area contributed by atoms with E-state index in [9.17, 15) is 0 Å². The summed E-state index contributed by atoms with van der Waals surface area (Å²) in [7, 11) is 0. The van der Waals surface area contributed by atoms with Gasteiger partial charge < -0.3 is 0 Å². The van der Waals surface area contributed by atoms with Crippen LogP contribution in [0.25, 0.3) is 0 Å². The summed E-state index contributed by atoms with van der Waals surface area (Å²) in [6.45, 7) is 4.73. The Morgan fingerprint density at radius 2 is 1.92 bits per heavy atom. The van der Waals surface area contributed by atoms with Gasteiger partial charge in [0.2, 0.25) is 0 Å². The van der Waals surface area contributed by atoms with E-state index in [1.807, 2.05) is 0 Å². The van der Waals surface area contributed by atoms with Crippen LogP contribution in [0.1, 0.15) is 58.8 Å². The van der Waals surface area contributed by atoms with E-state index in [-0.39, 0.29) is 0 Å². The Hall–Kier alpha value is 0.480. The summed E-state index contributed by atoms with van der Waals surface area (Å²) in [5.74, 6) is 1.05. The summed E-state index contributed by atoms with van der Waals surface area (Å²) in [5, 5.41) is 1.19. The Kier molecular flexibility index (Phi) is 4.78. The molecule has 0 atom stereocenters. The van der Waals surface area contributed by atoms with Crippen LogP contribution in [0.5, 0.6) is 0 Å². The third kappa shape index (κ3) is 3.61. The highest BCUT2D eigenvalue weighted by Crippen LogP contribution is 2.41. The minimum absolute atomic E-state index is 0.614. The van der Waals surface area contributed by atoms with E-state index in [4.69, 9.17) is 0 Å². The highest BCUT2D eigenvalue weighted by atomic mass is 79.9. The Morgan fingerprint density at radius 3 is 2.38 bits per heavy atom. The van der Waals surface area contributed by atoms with Crippen LogP contribution >= 0.6 is 15.9 Å². The van der Waals surface area contributed by atoms with Crippen LogP contribution in [0.3, 0.4) is 0 Å². The topological polar surface area (TPSA) is 0 Å². The molecule has 0 unspecified atom stereocenters. The lowest BCUT2D eigenvalue weighted by Crippen LogP contribution is -2.25. The summed E-state index contributed by atoms with van der Waals surface area (Å²) >= 11 is 3.64. The molecule has 0 aromatic rings. The van der Waals surface area contributed by atoms with Gasteiger partial charge in [-0.1, -0.05) is 49.0 Å². The van der Waals surface area contributed by atoms with Crippen LogP contribution in [0.2, 0.25) is 0 Å². The zero-order valence-corrected chi connectivity index (χ0v) is 10.7. The van der Waals surface area contributed by atoms with Crippen molar-refractivity contribution < 1.29 is 0 Å². The molecule has 0 nitrogen and oxygen atoms in total. The van der Waals surface area contributed by atoms with Crippen LogP contribution in [0.15, 0.2) is 0 Å². The fraction of sp³-hybridized carbons (Fsp3) is 1.00. The highest BCUT2D eigenvalue weighted by molar-refractivity contribution is 9.09. The molecular formula is C12H23Br. The molecule has 1 saturated carbocycles. The molecular weight excluding hydrogens is 224 g/mol. The molecule has 0 N–H and O–H groups in total. The maximum absolute atomic E-state index is 3.64. The highest BCUT2D eigenvalue weighted by Gasteiger charge is 2.29. The monoisotopic (exact) mass is 246 g/mol. The van der Waals surface area contributed by atoms with Gasteiger partial charge in [0, 0.05) is 5.33 Å².